The molecule has 3 aliphatic carbocycles. The van der Waals surface area contributed by atoms with Gasteiger partial charge in [0.15, 0.2) is 5.41 Å². The van der Waals surface area contributed by atoms with Crippen molar-refractivity contribution >= 4 is 23.7 Å². The van der Waals surface area contributed by atoms with Crippen LogP contribution >= 0.6 is 0 Å². The Labute approximate surface area is 140 Å². The molecule has 0 radical (unpaired) electrons. The fourth-order valence-electron chi connectivity index (χ4n) is 5.50. The summed E-state index contributed by atoms with van der Waals surface area (Å²) in [7, 11) is 3.82. The van der Waals surface area contributed by atoms with Gasteiger partial charge in [-0.1, -0.05) is 0 Å². The minimum absolute atomic E-state index is 0.108. The Bertz CT molecular complexity index is 594. The number of methoxy groups -OCH3 is 3. The Balaban J connectivity index is 1.99. The molecule has 3 saturated carbocycles. The smallest absolute Gasteiger partial charge is 0.323 e. The van der Waals surface area contributed by atoms with Crippen LogP contribution < -0.4 is 0 Å². The van der Waals surface area contributed by atoms with Crippen molar-refractivity contribution in [3.05, 3.63) is 0 Å². The summed E-state index contributed by atoms with van der Waals surface area (Å²) in [5.74, 6) is -2.23. The predicted octanol–water partition coefficient (Wildman–Crippen LogP) is 0.887. The highest BCUT2D eigenvalue weighted by Crippen LogP contribution is 2.69. The molecule has 3 fully saturated rings. The average molecular weight is 338 g/mol. The number of esters is 3. The van der Waals surface area contributed by atoms with E-state index in [2.05, 4.69) is 0 Å². The van der Waals surface area contributed by atoms with Crippen molar-refractivity contribution in [1.29, 1.82) is 0 Å². The van der Waals surface area contributed by atoms with Gasteiger partial charge in [-0.05, 0) is 37.0 Å². The third kappa shape index (κ3) is 2.03. The van der Waals surface area contributed by atoms with E-state index < -0.39 is 22.8 Å². The van der Waals surface area contributed by atoms with Crippen LogP contribution in [-0.2, 0) is 33.4 Å². The fraction of sp³-hybridized carbons (Fsp3) is 0.765. The molecule has 7 nitrogen and oxygen atoms in total. The minimum atomic E-state index is -1.38. The zero-order chi connectivity index (χ0) is 17.7. The molecule has 7 heteroatoms. The Morgan fingerprint density at radius 1 is 1.00 bits per heavy atom. The number of ether oxygens (including phenoxy) is 3. The van der Waals surface area contributed by atoms with Crippen molar-refractivity contribution in [2.75, 3.05) is 21.3 Å². The number of ketones is 1. The third-order valence-electron chi connectivity index (χ3n) is 6.40. The molecule has 4 atom stereocenters. The molecule has 3 rings (SSSR count). The topological polar surface area (TPSA) is 96.0 Å². The molecule has 0 saturated heterocycles. The van der Waals surface area contributed by atoms with E-state index in [0.717, 1.165) is 0 Å². The van der Waals surface area contributed by atoms with Crippen LogP contribution in [0.5, 0.6) is 0 Å². The van der Waals surface area contributed by atoms with E-state index in [0.29, 0.717) is 19.3 Å². The van der Waals surface area contributed by atoms with Crippen molar-refractivity contribution in [3.63, 3.8) is 0 Å². The number of carbonyl (C=O) groups is 4. The first-order valence-electron chi connectivity index (χ1n) is 8.12. The van der Waals surface area contributed by atoms with Gasteiger partial charge in [0, 0.05) is 12.3 Å². The lowest BCUT2D eigenvalue weighted by Gasteiger charge is -2.30. The van der Waals surface area contributed by atoms with Crippen LogP contribution in [-0.4, -0.2) is 45.0 Å². The van der Waals surface area contributed by atoms with E-state index in [9.17, 15) is 19.2 Å². The SMILES string of the molecule is COC(=O)[C@H]1C[C@H]2C(=O)C[C@@H]3CC(C(=O)OC)(C(=O)OC)CC32C1. The molecule has 0 amide bonds. The summed E-state index contributed by atoms with van der Waals surface area (Å²) in [6, 6.07) is 0. The highest BCUT2D eigenvalue weighted by Gasteiger charge is 2.71. The number of rotatable bonds is 3. The van der Waals surface area contributed by atoms with Gasteiger partial charge in [0.05, 0.1) is 27.2 Å². The van der Waals surface area contributed by atoms with Gasteiger partial charge < -0.3 is 14.2 Å². The maximum Gasteiger partial charge on any atom is 0.323 e. The maximum atomic E-state index is 12.4. The Kier molecular flexibility index (Phi) is 3.92. The lowest BCUT2D eigenvalue weighted by atomic mass is 9.73. The summed E-state index contributed by atoms with van der Waals surface area (Å²) < 4.78 is 14.6. The first kappa shape index (κ1) is 16.9. The van der Waals surface area contributed by atoms with Crippen LogP contribution in [0.15, 0.2) is 0 Å². The van der Waals surface area contributed by atoms with Crippen molar-refractivity contribution in [3.8, 4) is 0 Å². The normalized spacial score (nSPS) is 36.0. The highest BCUT2D eigenvalue weighted by molar-refractivity contribution is 6.01. The second-order valence-electron chi connectivity index (χ2n) is 7.26. The summed E-state index contributed by atoms with van der Waals surface area (Å²) >= 11 is 0. The first-order chi connectivity index (χ1) is 11.3. The number of Topliss-reactive ketones (excluding diaryl/α,β-unsaturated/α-hetero) is 1. The van der Waals surface area contributed by atoms with Gasteiger partial charge >= 0.3 is 17.9 Å². The largest absolute Gasteiger partial charge is 0.469 e. The van der Waals surface area contributed by atoms with Gasteiger partial charge in [0.1, 0.15) is 5.78 Å². The van der Waals surface area contributed by atoms with Crippen LogP contribution in [0.25, 0.3) is 0 Å². The second-order valence-corrected chi connectivity index (χ2v) is 7.26. The van der Waals surface area contributed by atoms with Crippen molar-refractivity contribution in [2.45, 2.75) is 32.1 Å². The lowest BCUT2D eigenvalue weighted by molar-refractivity contribution is -0.170. The Hall–Kier alpha value is -1.92. The molecule has 132 valence electrons. The van der Waals surface area contributed by atoms with Gasteiger partial charge in [0.2, 0.25) is 0 Å². The van der Waals surface area contributed by atoms with Crippen LogP contribution in [0.1, 0.15) is 32.1 Å². The third-order valence-corrected chi connectivity index (χ3v) is 6.40. The summed E-state index contributed by atoms with van der Waals surface area (Å²) in [6.45, 7) is 0. The van der Waals surface area contributed by atoms with Gasteiger partial charge in [-0.15, -0.1) is 0 Å². The van der Waals surface area contributed by atoms with Crippen molar-refractivity contribution in [2.24, 2.45) is 28.6 Å². The highest BCUT2D eigenvalue weighted by atomic mass is 16.5. The van der Waals surface area contributed by atoms with Crippen LogP contribution in [0, 0.1) is 28.6 Å². The standard InChI is InChI=1S/C17H22O7/c1-22-13(19)9-4-11-12(18)5-10-7-17(14(20)23-2,15(21)24-3)8-16(10,11)6-9/h9-11H,4-8H2,1-3H3/t9-,10+,11-,16?/m0/s1. The monoisotopic (exact) mass is 338 g/mol. The molecule has 1 unspecified atom stereocenters. The minimum Gasteiger partial charge on any atom is -0.469 e. The number of carbonyl (C=O) groups excluding carboxylic acids is 4. The molecular weight excluding hydrogens is 316 g/mol. The number of hydrogen-bond donors (Lipinski definition) is 0. The molecular formula is C17H22O7. The molecule has 0 aromatic heterocycles. The summed E-state index contributed by atoms with van der Waals surface area (Å²) in [5, 5.41) is 0. The first-order valence-corrected chi connectivity index (χ1v) is 8.12. The Morgan fingerprint density at radius 3 is 2.17 bits per heavy atom. The molecule has 0 heterocycles. The van der Waals surface area contributed by atoms with E-state index >= 15 is 0 Å². The Morgan fingerprint density at radius 2 is 1.62 bits per heavy atom. The zero-order valence-electron chi connectivity index (χ0n) is 14.1. The molecule has 0 aromatic rings. The molecule has 0 aromatic carbocycles. The number of hydrogen-bond acceptors (Lipinski definition) is 7. The van der Waals surface area contributed by atoms with Gasteiger partial charge in [-0.3, -0.25) is 19.2 Å². The molecule has 1 spiro atoms. The van der Waals surface area contributed by atoms with Crippen molar-refractivity contribution < 1.29 is 33.4 Å². The maximum absolute atomic E-state index is 12.4. The quantitative estimate of drug-likeness (QED) is 0.428. The van der Waals surface area contributed by atoms with E-state index in [-0.39, 0.29) is 42.3 Å². The van der Waals surface area contributed by atoms with E-state index in [1.807, 2.05) is 0 Å². The van der Waals surface area contributed by atoms with Crippen molar-refractivity contribution in [1.82, 2.24) is 0 Å². The second kappa shape index (κ2) is 5.57. The summed E-state index contributed by atoms with van der Waals surface area (Å²) in [5.41, 5.74) is -1.89. The molecule has 0 bridgehead atoms. The van der Waals surface area contributed by atoms with Crippen LogP contribution in [0.4, 0.5) is 0 Å². The van der Waals surface area contributed by atoms with E-state index in [1.165, 1.54) is 21.3 Å². The van der Waals surface area contributed by atoms with Gasteiger partial charge in [0.25, 0.3) is 0 Å². The summed E-state index contributed by atoms with van der Waals surface area (Å²) in [4.78, 5) is 49.2. The van der Waals surface area contributed by atoms with Gasteiger partial charge in [-0.25, -0.2) is 0 Å². The lowest BCUT2D eigenvalue weighted by Crippen LogP contribution is -2.41. The summed E-state index contributed by atoms with van der Waals surface area (Å²) in [6.07, 6.45) is 1.68. The van der Waals surface area contributed by atoms with Crippen LogP contribution in [0.3, 0.4) is 0 Å². The average Bonchev–Trinajstić information content (AvgIpc) is 3.18. The van der Waals surface area contributed by atoms with E-state index in [4.69, 9.17) is 14.2 Å². The fourth-order valence-corrected chi connectivity index (χ4v) is 5.50. The molecule has 3 aliphatic rings. The molecule has 0 N–H and O–H groups in total. The predicted molar refractivity (Wildman–Crippen MR) is 79.5 cm³/mol. The van der Waals surface area contributed by atoms with E-state index in [1.54, 1.807) is 0 Å². The zero-order valence-corrected chi connectivity index (χ0v) is 14.1. The van der Waals surface area contributed by atoms with Crippen LogP contribution in [0.2, 0.25) is 0 Å². The molecule has 24 heavy (non-hydrogen) atoms. The molecule has 0 aliphatic heterocycles. The van der Waals surface area contributed by atoms with Gasteiger partial charge in [-0.2, -0.15) is 0 Å².